The molecule has 0 radical (unpaired) electrons. The van der Waals surface area contributed by atoms with Crippen LogP contribution in [0.15, 0.2) is 0 Å². The van der Waals surface area contributed by atoms with Crippen LogP contribution < -0.4 is 0 Å². The standard InChI is InChI=1S/C37H70O6/c1-5-7-9-11-13-14-16-21-25-29-36(39)42-32-34(31-41-35(38)28-24-20-15-12-10-8-6-2)43-37(40)30-26-22-18-17-19-23-27-33(3)4/h33-34H,5-32H2,1-4H3/t34-/m0/s1. The lowest BCUT2D eigenvalue weighted by Gasteiger charge is -2.18. The van der Waals surface area contributed by atoms with Gasteiger partial charge in [-0.05, 0) is 25.2 Å². The topological polar surface area (TPSA) is 78.9 Å². The molecule has 0 N–H and O–H groups in total. The van der Waals surface area contributed by atoms with Crippen molar-refractivity contribution in [1.82, 2.24) is 0 Å². The molecule has 0 saturated carbocycles. The van der Waals surface area contributed by atoms with Crippen molar-refractivity contribution in [2.24, 2.45) is 5.92 Å². The molecule has 6 heteroatoms. The van der Waals surface area contributed by atoms with Crippen LogP contribution in [-0.2, 0) is 28.6 Å². The monoisotopic (exact) mass is 611 g/mol. The van der Waals surface area contributed by atoms with Crippen LogP contribution in [0.3, 0.4) is 0 Å². The summed E-state index contributed by atoms with van der Waals surface area (Å²) >= 11 is 0. The molecule has 0 bridgehead atoms. The van der Waals surface area contributed by atoms with Gasteiger partial charge in [-0.25, -0.2) is 0 Å². The minimum Gasteiger partial charge on any atom is -0.462 e. The van der Waals surface area contributed by atoms with E-state index in [1.807, 2.05) is 0 Å². The zero-order chi connectivity index (χ0) is 31.8. The lowest BCUT2D eigenvalue weighted by atomic mass is 10.0. The number of hydrogen-bond acceptors (Lipinski definition) is 6. The average molecular weight is 611 g/mol. The van der Waals surface area contributed by atoms with Gasteiger partial charge in [0.1, 0.15) is 13.2 Å². The van der Waals surface area contributed by atoms with E-state index in [0.717, 1.165) is 63.7 Å². The summed E-state index contributed by atoms with van der Waals surface area (Å²) in [6.07, 6.45) is 26.8. The Labute approximate surface area is 266 Å². The molecule has 0 heterocycles. The van der Waals surface area contributed by atoms with Crippen LogP contribution in [0.1, 0.15) is 195 Å². The van der Waals surface area contributed by atoms with Crippen LogP contribution in [0.4, 0.5) is 0 Å². The van der Waals surface area contributed by atoms with Crippen LogP contribution >= 0.6 is 0 Å². The van der Waals surface area contributed by atoms with Gasteiger partial charge in [0.05, 0.1) is 0 Å². The third-order valence-corrected chi connectivity index (χ3v) is 8.04. The van der Waals surface area contributed by atoms with Crippen LogP contribution in [0, 0.1) is 5.92 Å². The fourth-order valence-corrected chi connectivity index (χ4v) is 5.21. The van der Waals surface area contributed by atoms with Gasteiger partial charge in [0.2, 0.25) is 0 Å². The Morgan fingerprint density at radius 1 is 0.442 bits per heavy atom. The van der Waals surface area contributed by atoms with E-state index in [9.17, 15) is 14.4 Å². The molecule has 0 fully saturated rings. The summed E-state index contributed by atoms with van der Waals surface area (Å²) in [4.78, 5) is 37.2. The Morgan fingerprint density at radius 2 is 0.767 bits per heavy atom. The Balaban J connectivity index is 4.36. The minimum absolute atomic E-state index is 0.0669. The maximum Gasteiger partial charge on any atom is 0.306 e. The third-order valence-electron chi connectivity index (χ3n) is 8.04. The summed E-state index contributed by atoms with van der Waals surface area (Å²) in [6.45, 7) is 8.82. The second-order valence-electron chi connectivity index (χ2n) is 13.0. The molecule has 0 aliphatic rings. The molecule has 0 aliphatic heterocycles. The summed E-state index contributed by atoms with van der Waals surface area (Å²) < 4.78 is 16.5. The highest BCUT2D eigenvalue weighted by Gasteiger charge is 2.19. The largest absolute Gasteiger partial charge is 0.462 e. The molecule has 0 aromatic rings. The van der Waals surface area contributed by atoms with E-state index in [-0.39, 0.29) is 31.1 Å². The van der Waals surface area contributed by atoms with Gasteiger partial charge in [-0.2, -0.15) is 0 Å². The quantitative estimate of drug-likeness (QED) is 0.0428. The molecule has 0 aromatic carbocycles. The molecule has 254 valence electrons. The first-order valence-electron chi connectivity index (χ1n) is 18.4. The maximum absolute atomic E-state index is 12.5. The molecule has 0 aromatic heterocycles. The van der Waals surface area contributed by atoms with Gasteiger partial charge < -0.3 is 14.2 Å². The molecular formula is C37H70O6. The predicted molar refractivity (Wildman–Crippen MR) is 178 cm³/mol. The molecule has 43 heavy (non-hydrogen) atoms. The predicted octanol–water partition coefficient (Wildman–Crippen LogP) is 10.8. The third kappa shape index (κ3) is 31.6. The zero-order valence-electron chi connectivity index (χ0n) is 28.9. The van der Waals surface area contributed by atoms with Crippen molar-refractivity contribution in [3.8, 4) is 0 Å². The molecule has 0 spiro atoms. The van der Waals surface area contributed by atoms with E-state index >= 15 is 0 Å². The van der Waals surface area contributed by atoms with Crippen LogP contribution in [0.5, 0.6) is 0 Å². The smallest absolute Gasteiger partial charge is 0.306 e. The summed E-state index contributed by atoms with van der Waals surface area (Å²) in [5.41, 5.74) is 0. The van der Waals surface area contributed by atoms with Crippen LogP contribution in [0.25, 0.3) is 0 Å². The van der Waals surface area contributed by atoms with E-state index in [1.165, 1.54) is 89.9 Å². The molecule has 0 rings (SSSR count). The SMILES string of the molecule is CCCCCCCCCCCC(=O)OC[C@H](COC(=O)CCCCCCCCC)OC(=O)CCCCCCCCC(C)C. The second-order valence-corrected chi connectivity index (χ2v) is 13.0. The van der Waals surface area contributed by atoms with Crippen LogP contribution in [0.2, 0.25) is 0 Å². The van der Waals surface area contributed by atoms with E-state index < -0.39 is 6.10 Å². The van der Waals surface area contributed by atoms with Gasteiger partial charge in [-0.15, -0.1) is 0 Å². The molecular weight excluding hydrogens is 540 g/mol. The Bertz CT molecular complexity index is 647. The van der Waals surface area contributed by atoms with E-state index in [1.54, 1.807) is 0 Å². The van der Waals surface area contributed by atoms with Gasteiger partial charge in [0.25, 0.3) is 0 Å². The lowest BCUT2D eigenvalue weighted by Crippen LogP contribution is -2.30. The number of hydrogen-bond donors (Lipinski definition) is 0. The highest BCUT2D eigenvalue weighted by atomic mass is 16.6. The van der Waals surface area contributed by atoms with Crippen molar-refractivity contribution in [3.05, 3.63) is 0 Å². The molecule has 0 unspecified atom stereocenters. The maximum atomic E-state index is 12.5. The summed E-state index contributed by atoms with van der Waals surface area (Å²) in [7, 11) is 0. The van der Waals surface area contributed by atoms with Crippen LogP contribution in [-0.4, -0.2) is 37.2 Å². The Hall–Kier alpha value is -1.59. The summed E-state index contributed by atoms with van der Waals surface area (Å²) in [5.74, 6) is -0.122. The number of ether oxygens (including phenoxy) is 3. The van der Waals surface area contributed by atoms with Crippen molar-refractivity contribution >= 4 is 17.9 Å². The molecule has 6 nitrogen and oxygen atoms in total. The number of carbonyl (C=O) groups is 3. The fraction of sp³-hybridized carbons (Fsp3) is 0.919. The van der Waals surface area contributed by atoms with Gasteiger partial charge in [-0.3, -0.25) is 14.4 Å². The highest BCUT2D eigenvalue weighted by Crippen LogP contribution is 2.14. The van der Waals surface area contributed by atoms with Gasteiger partial charge >= 0.3 is 17.9 Å². The van der Waals surface area contributed by atoms with E-state index in [0.29, 0.717) is 19.3 Å². The first kappa shape index (κ1) is 41.4. The minimum atomic E-state index is -0.756. The number of carbonyl (C=O) groups excluding carboxylic acids is 3. The Morgan fingerprint density at radius 3 is 1.14 bits per heavy atom. The van der Waals surface area contributed by atoms with Crippen molar-refractivity contribution in [3.63, 3.8) is 0 Å². The lowest BCUT2D eigenvalue weighted by molar-refractivity contribution is -0.167. The summed E-state index contributed by atoms with van der Waals surface area (Å²) in [5, 5.41) is 0. The number of unbranched alkanes of at least 4 members (excludes halogenated alkanes) is 19. The molecule has 0 amide bonds. The summed E-state index contributed by atoms with van der Waals surface area (Å²) in [6, 6.07) is 0. The van der Waals surface area contributed by atoms with Gasteiger partial charge in [-0.1, -0.05) is 156 Å². The highest BCUT2D eigenvalue weighted by molar-refractivity contribution is 5.71. The van der Waals surface area contributed by atoms with Gasteiger partial charge in [0, 0.05) is 19.3 Å². The molecule has 0 saturated heterocycles. The number of rotatable bonds is 32. The molecule has 1 atom stereocenters. The van der Waals surface area contributed by atoms with E-state index in [4.69, 9.17) is 14.2 Å². The Kier molecular flexibility index (Phi) is 30.6. The second kappa shape index (κ2) is 31.8. The normalized spacial score (nSPS) is 11.9. The first-order chi connectivity index (χ1) is 20.9. The van der Waals surface area contributed by atoms with Crippen molar-refractivity contribution in [2.45, 2.75) is 201 Å². The van der Waals surface area contributed by atoms with E-state index in [2.05, 4.69) is 27.7 Å². The van der Waals surface area contributed by atoms with Crippen molar-refractivity contribution in [2.75, 3.05) is 13.2 Å². The van der Waals surface area contributed by atoms with Gasteiger partial charge in [0.15, 0.2) is 6.10 Å². The zero-order valence-corrected chi connectivity index (χ0v) is 28.9. The molecule has 0 aliphatic carbocycles. The number of esters is 3. The first-order valence-corrected chi connectivity index (χ1v) is 18.4. The fourth-order valence-electron chi connectivity index (χ4n) is 5.21. The average Bonchev–Trinajstić information content (AvgIpc) is 2.98. The van der Waals surface area contributed by atoms with Crippen molar-refractivity contribution in [1.29, 1.82) is 0 Å². The van der Waals surface area contributed by atoms with Crippen molar-refractivity contribution < 1.29 is 28.6 Å².